The van der Waals surface area contributed by atoms with Crippen LogP contribution in [-0.2, 0) is 0 Å². The Labute approximate surface area is 88.0 Å². The fraction of sp³-hybridized carbons (Fsp3) is 0.300. The Morgan fingerprint density at radius 1 is 1.60 bits per heavy atom. The smallest absolute Gasteiger partial charge is 0.287 e. The van der Waals surface area contributed by atoms with Gasteiger partial charge in [-0.1, -0.05) is 11.6 Å². The van der Waals surface area contributed by atoms with Crippen molar-refractivity contribution >= 4 is 11.5 Å². The second-order valence-corrected chi connectivity index (χ2v) is 3.32. The van der Waals surface area contributed by atoms with Crippen LogP contribution in [-0.4, -0.2) is 16.5 Å². The lowest BCUT2D eigenvalue weighted by Crippen LogP contribution is -2.01. The summed E-state index contributed by atoms with van der Waals surface area (Å²) < 4.78 is 0. The normalized spacial score (nSPS) is 9.47. The first kappa shape index (κ1) is 11.2. The van der Waals surface area contributed by atoms with Gasteiger partial charge in [-0.3, -0.25) is 10.1 Å². The van der Waals surface area contributed by atoms with Crippen LogP contribution in [0.15, 0.2) is 30.0 Å². The Kier molecular flexibility index (Phi) is 3.79. The largest absolute Gasteiger partial charge is 0.367 e. The molecule has 1 N–H and O–H groups in total. The summed E-state index contributed by atoms with van der Waals surface area (Å²) in [4.78, 5) is 13.8. The number of pyridine rings is 1. The van der Waals surface area contributed by atoms with Crippen LogP contribution in [0.5, 0.6) is 0 Å². The van der Waals surface area contributed by atoms with Crippen molar-refractivity contribution < 1.29 is 4.92 Å². The van der Waals surface area contributed by atoms with E-state index >= 15 is 0 Å². The fourth-order valence-electron chi connectivity index (χ4n) is 0.958. The molecule has 0 aliphatic carbocycles. The molecule has 1 aromatic rings. The second kappa shape index (κ2) is 5.09. The van der Waals surface area contributed by atoms with Crippen LogP contribution in [0.3, 0.4) is 0 Å². The molecular formula is C10H13N3O2. The molecule has 5 nitrogen and oxygen atoms in total. The van der Waals surface area contributed by atoms with E-state index in [1.165, 1.54) is 17.8 Å². The van der Waals surface area contributed by atoms with Gasteiger partial charge in [0.25, 0.3) is 5.69 Å². The highest BCUT2D eigenvalue weighted by Gasteiger charge is 2.03. The summed E-state index contributed by atoms with van der Waals surface area (Å²) in [5.41, 5.74) is 1.21. The molecule has 0 spiro atoms. The standard InChI is InChI=1S/C10H13N3O2/c1-8(2)5-6-11-10-4-3-9(7-12-10)13(14)15/h3-5,7H,6H2,1-2H3,(H,11,12). The average Bonchev–Trinajstić information content (AvgIpc) is 2.18. The molecule has 0 radical (unpaired) electrons. The van der Waals surface area contributed by atoms with Gasteiger partial charge in [-0.25, -0.2) is 4.98 Å². The zero-order chi connectivity index (χ0) is 11.3. The number of allylic oxidation sites excluding steroid dienone is 1. The van der Waals surface area contributed by atoms with Gasteiger partial charge in [-0.15, -0.1) is 0 Å². The van der Waals surface area contributed by atoms with Crippen molar-refractivity contribution in [2.24, 2.45) is 0 Å². The average molecular weight is 207 g/mol. The predicted octanol–water partition coefficient (Wildman–Crippen LogP) is 2.37. The van der Waals surface area contributed by atoms with Gasteiger partial charge in [0.05, 0.1) is 4.92 Å². The van der Waals surface area contributed by atoms with Gasteiger partial charge >= 0.3 is 0 Å². The molecule has 0 aromatic carbocycles. The minimum absolute atomic E-state index is 0.00256. The highest BCUT2D eigenvalue weighted by Crippen LogP contribution is 2.11. The van der Waals surface area contributed by atoms with Gasteiger partial charge in [-0.05, 0) is 19.9 Å². The third-order valence-electron chi connectivity index (χ3n) is 1.75. The fourth-order valence-corrected chi connectivity index (χ4v) is 0.958. The molecule has 0 saturated heterocycles. The SMILES string of the molecule is CC(C)=CCNc1ccc([N+](=O)[O-])cn1. The Bertz CT molecular complexity index is 367. The van der Waals surface area contributed by atoms with Crippen molar-refractivity contribution in [1.82, 2.24) is 4.98 Å². The monoisotopic (exact) mass is 207 g/mol. The molecule has 0 aliphatic rings. The number of hydrogen-bond acceptors (Lipinski definition) is 4. The van der Waals surface area contributed by atoms with Crippen LogP contribution in [0.2, 0.25) is 0 Å². The summed E-state index contributed by atoms with van der Waals surface area (Å²) in [5, 5.41) is 13.4. The molecule has 0 amide bonds. The van der Waals surface area contributed by atoms with E-state index in [0.717, 1.165) is 0 Å². The van der Waals surface area contributed by atoms with Crippen molar-refractivity contribution in [2.45, 2.75) is 13.8 Å². The molecule has 0 bridgehead atoms. The summed E-state index contributed by atoms with van der Waals surface area (Å²) >= 11 is 0. The summed E-state index contributed by atoms with van der Waals surface area (Å²) in [7, 11) is 0. The van der Waals surface area contributed by atoms with E-state index in [2.05, 4.69) is 10.3 Å². The molecule has 1 rings (SSSR count). The first-order chi connectivity index (χ1) is 7.09. The number of anilines is 1. The lowest BCUT2D eigenvalue weighted by atomic mass is 10.3. The zero-order valence-electron chi connectivity index (χ0n) is 8.73. The lowest BCUT2D eigenvalue weighted by molar-refractivity contribution is -0.385. The second-order valence-electron chi connectivity index (χ2n) is 3.32. The van der Waals surface area contributed by atoms with Crippen LogP contribution in [0, 0.1) is 10.1 Å². The molecule has 1 heterocycles. The third-order valence-corrected chi connectivity index (χ3v) is 1.75. The van der Waals surface area contributed by atoms with Gasteiger partial charge in [-0.2, -0.15) is 0 Å². The van der Waals surface area contributed by atoms with Crippen molar-refractivity contribution in [3.05, 3.63) is 40.1 Å². The minimum Gasteiger partial charge on any atom is -0.367 e. The zero-order valence-corrected chi connectivity index (χ0v) is 8.73. The summed E-state index contributed by atoms with van der Waals surface area (Å²) in [6.45, 7) is 4.68. The van der Waals surface area contributed by atoms with Crippen LogP contribution in [0.4, 0.5) is 11.5 Å². The summed E-state index contributed by atoms with van der Waals surface area (Å²) in [6, 6.07) is 3.02. The Morgan fingerprint density at radius 2 is 2.33 bits per heavy atom. The Morgan fingerprint density at radius 3 is 2.80 bits per heavy atom. The molecule has 80 valence electrons. The first-order valence-corrected chi connectivity index (χ1v) is 4.57. The van der Waals surface area contributed by atoms with Crippen molar-refractivity contribution in [3.8, 4) is 0 Å². The topological polar surface area (TPSA) is 68.1 Å². The maximum Gasteiger partial charge on any atom is 0.287 e. The highest BCUT2D eigenvalue weighted by molar-refractivity contribution is 5.40. The van der Waals surface area contributed by atoms with Crippen LogP contribution >= 0.6 is 0 Å². The molecule has 0 aliphatic heterocycles. The quantitative estimate of drug-likeness (QED) is 0.467. The number of rotatable bonds is 4. The van der Waals surface area contributed by atoms with E-state index < -0.39 is 4.92 Å². The van der Waals surface area contributed by atoms with Crippen molar-refractivity contribution in [3.63, 3.8) is 0 Å². The number of nitrogens with zero attached hydrogens (tertiary/aromatic N) is 2. The molecule has 0 atom stereocenters. The van der Waals surface area contributed by atoms with E-state index in [0.29, 0.717) is 12.4 Å². The summed E-state index contributed by atoms with van der Waals surface area (Å²) in [6.07, 6.45) is 3.26. The molecular weight excluding hydrogens is 194 g/mol. The van der Waals surface area contributed by atoms with Crippen LogP contribution in [0.25, 0.3) is 0 Å². The molecule has 5 heteroatoms. The van der Waals surface area contributed by atoms with E-state index in [1.54, 1.807) is 6.07 Å². The molecule has 15 heavy (non-hydrogen) atoms. The van der Waals surface area contributed by atoms with E-state index in [1.807, 2.05) is 19.9 Å². The molecule has 1 aromatic heterocycles. The van der Waals surface area contributed by atoms with E-state index in [-0.39, 0.29) is 5.69 Å². The maximum absolute atomic E-state index is 10.4. The predicted molar refractivity (Wildman–Crippen MR) is 58.8 cm³/mol. The van der Waals surface area contributed by atoms with Crippen LogP contribution < -0.4 is 5.32 Å². The minimum atomic E-state index is -0.465. The number of hydrogen-bond donors (Lipinski definition) is 1. The number of nitrogens with one attached hydrogen (secondary N) is 1. The van der Waals surface area contributed by atoms with Gasteiger partial charge < -0.3 is 5.32 Å². The highest BCUT2D eigenvalue weighted by atomic mass is 16.6. The van der Waals surface area contributed by atoms with Crippen molar-refractivity contribution in [1.29, 1.82) is 0 Å². The third kappa shape index (κ3) is 3.76. The Hall–Kier alpha value is -1.91. The molecule has 0 unspecified atom stereocenters. The number of nitro groups is 1. The number of aromatic nitrogens is 1. The van der Waals surface area contributed by atoms with Gasteiger partial charge in [0, 0.05) is 12.6 Å². The van der Waals surface area contributed by atoms with E-state index in [4.69, 9.17) is 0 Å². The molecule has 0 saturated carbocycles. The van der Waals surface area contributed by atoms with Crippen LogP contribution in [0.1, 0.15) is 13.8 Å². The summed E-state index contributed by atoms with van der Waals surface area (Å²) in [5.74, 6) is 0.637. The van der Waals surface area contributed by atoms with Gasteiger partial charge in [0.2, 0.25) is 0 Å². The van der Waals surface area contributed by atoms with Crippen molar-refractivity contribution in [2.75, 3.05) is 11.9 Å². The first-order valence-electron chi connectivity index (χ1n) is 4.57. The maximum atomic E-state index is 10.4. The lowest BCUT2D eigenvalue weighted by Gasteiger charge is -2.01. The van der Waals surface area contributed by atoms with Gasteiger partial charge in [0.15, 0.2) is 0 Å². The Balaban J connectivity index is 2.57. The van der Waals surface area contributed by atoms with Gasteiger partial charge in [0.1, 0.15) is 12.0 Å². The molecule has 0 fully saturated rings. The van der Waals surface area contributed by atoms with E-state index in [9.17, 15) is 10.1 Å².